The molecule has 84 valence electrons. The minimum atomic E-state index is 0.547. The van der Waals surface area contributed by atoms with Crippen molar-refractivity contribution in [2.45, 2.75) is 13.2 Å². The van der Waals surface area contributed by atoms with E-state index in [2.05, 4.69) is 20.9 Å². The number of benzene rings is 1. The second kappa shape index (κ2) is 5.77. The van der Waals surface area contributed by atoms with Gasteiger partial charge in [-0.1, -0.05) is 45.7 Å². The van der Waals surface area contributed by atoms with E-state index in [1.165, 1.54) is 11.3 Å². The van der Waals surface area contributed by atoms with Crippen molar-refractivity contribution < 1.29 is 4.74 Å². The number of halogens is 2. The van der Waals surface area contributed by atoms with E-state index in [9.17, 15) is 0 Å². The van der Waals surface area contributed by atoms with Crippen molar-refractivity contribution in [3.05, 3.63) is 49.8 Å². The average molecular weight is 319 g/mol. The Labute approximate surface area is 111 Å². The van der Waals surface area contributed by atoms with Crippen LogP contribution in [0.5, 0.6) is 0 Å². The monoisotopic (exact) mass is 317 g/mol. The third-order valence-corrected chi connectivity index (χ3v) is 3.85. The van der Waals surface area contributed by atoms with Gasteiger partial charge in [-0.05, 0) is 11.6 Å². The summed E-state index contributed by atoms with van der Waals surface area (Å²) in [7, 11) is 0. The van der Waals surface area contributed by atoms with Crippen LogP contribution in [0.2, 0.25) is 4.47 Å². The summed E-state index contributed by atoms with van der Waals surface area (Å²) in [6.45, 7) is 1.13. The normalized spacial score (nSPS) is 10.6. The smallest absolute Gasteiger partial charge is 0.183 e. The van der Waals surface area contributed by atoms with Crippen LogP contribution in [0.25, 0.3) is 0 Å². The van der Waals surface area contributed by atoms with Gasteiger partial charge in [-0.3, -0.25) is 0 Å². The molecular weight excluding hydrogens is 310 g/mol. The Bertz CT molecular complexity index is 475. The summed E-state index contributed by atoms with van der Waals surface area (Å²) in [5.41, 5.74) is 1.14. The molecule has 1 aromatic heterocycles. The number of ether oxygens (including phenoxy) is 1. The summed E-state index contributed by atoms with van der Waals surface area (Å²) in [4.78, 5) is 4.99. The Kier molecular flexibility index (Phi) is 4.35. The van der Waals surface area contributed by atoms with Crippen LogP contribution in [0.15, 0.2) is 34.9 Å². The molecule has 5 heteroatoms. The van der Waals surface area contributed by atoms with Crippen LogP contribution >= 0.6 is 38.9 Å². The van der Waals surface area contributed by atoms with Gasteiger partial charge in [0.05, 0.1) is 18.1 Å². The molecule has 0 N–H and O–H groups in total. The van der Waals surface area contributed by atoms with E-state index in [-0.39, 0.29) is 0 Å². The zero-order chi connectivity index (χ0) is 11.4. The van der Waals surface area contributed by atoms with Gasteiger partial charge in [0.1, 0.15) is 0 Å². The lowest BCUT2D eigenvalue weighted by atomic mass is 10.2. The van der Waals surface area contributed by atoms with Crippen molar-refractivity contribution in [2.24, 2.45) is 0 Å². The highest BCUT2D eigenvalue weighted by Crippen LogP contribution is 2.20. The minimum Gasteiger partial charge on any atom is -0.371 e. The molecule has 0 saturated heterocycles. The van der Waals surface area contributed by atoms with E-state index in [0.29, 0.717) is 17.7 Å². The van der Waals surface area contributed by atoms with Gasteiger partial charge in [-0.15, -0.1) is 11.3 Å². The molecule has 0 aliphatic rings. The standard InChI is InChI=1S/C11H9BrClNOS/c12-10-4-2-1-3-8(10)6-15-7-9-5-14-11(13)16-9/h1-5H,6-7H2. The molecule has 2 nitrogen and oxygen atoms in total. The quantitative estimate of drug-likeness (QED) is 0.839. The first kappa shape index (κ1) is 12.0. The summed E-state index contributed by atoms with van der Waals surface area (Å²) >= 11 is 10.6. The van der Waals surface area contributed by atoms with E-state index in [1.54, 1.807) is 6.20 Å². The Balaban J connectivity index is 1.87. The van der Waals surface area contributed by atoms with Gasteiger partial charge in [0.15, 0.2) is 4.47 Å². The second-order valence-corrected chi connectivity index (χ2v) is 5.72. The molecule has 0 atom stereocenters. The molecule has 1 heterocycles. The highest BCUT2D eigenvalue weighted by Gasteiger charge is 2.01. The molecule has 0 aliphatic heterocycles. The van der Waals surface area contributed by atoms with E-state index in [1.807, 2.05) is 24.3 Å². The lowest BCUT2D eigenvalue weighted by molar-refractivity contribution is 0.108. The number of aromatic nitrogens is 1. The minimum absolute atomic E-state index is 0.547. The van der Waals surface area contributed by atoms with Gasteiger partial charge >= 0.3 is 0 Å². The van der Waals surface area contributed by atoms with Gasteiger partial charge in [-0.2, -0.15) is 0 Å². The molecule has 0 unspecified atom stereocenters. The van der Waals surface area contributed by atoms with Gasteiger partial charge in [-0.25, -0.2) is 4.98 Å². The molecule has 0 fully saturated rings. The first-order chi connectivity index (χ1) is 7.75. The summed E-state index contributed by atoms with van der Waals surface area (Å²) in [6.07, 6.45) is 1.74. The molecule has 0 aliphatic carbocycles. The molecule has 0 bridgehead atoms. The van der Waals surface area contributed by atoms with Gasteiger partial charge < -0.3 is 4.74 Å². The van der Waals surface area contributed by atoms with Gasteiger partial charge in [0.2, 0.25) is 0 Å². The third-order valence-electron chi connectivity index (χ3n) is 1.99. The van der Waals surface area contributed by atoms with E-state index >= 15 is 0 Å². The van der Waals surface area contributed by atoms with Crippen LogP contribution in [0.4, 0.5) is 0 Å². The molecule has 0 spiro atoms. The Morgan fingerprint density at radius 3 is 2.81 bits per heavy atom. The zero-order valence-corrected chi connectivity index (χ0v) is 11.5. The van der Waals surface area contributed by atoms with E-state index in [0.717, 1.165) is 14.9 Å². The van der Waals surface area contributed by atoms with Crippen molar-refractivity contribution in [1.29, 1.82) is 0 Å². The van der Waals surface area contributed by atoms with Crippen LogP contribution in [-0.4, -0.2) is 4.98 Å². The second-order valence-electron chi connectivity index (χ2n) is 3.16. The molecule has 2 rings (SSSR count). The van der Waals surface area contributed by atoms with Crippen LogP contribution in [0, 0.1) is 0 Å². The van der Waals surface area contributed by atoms with Gasteiger partial charge in [0, 0.05) is 10.7 Å². The maximum atomic E-state index is 5.73. The summed E-state index contributed by atoms with van der Waals surface area (Å²) in [5, 5.41) is 0. The van der Waals surface area contributed by atoms with E-state index < -0.39 is 0 Å². The number of hydrogen-bond acceptors (Lipinski definition) is 3. The van der Waals surface area contributed by atoms with Crippen molar-refractivity contribution in [1.82, 2.24) is 4.98 Å². The first-order valence-corrected chi connectivity index (χ1v) is 6.66. The predicted molar refractivity (Wildman–Crippen MR) is 69.8 cm³/mol. The van der Waals surface area contributed by atoms with Crippen molar-refractivity contribution in [3.63, 3.8) is 0 Å². The highest BCUT2D eigenvalue weighted by molar-refractivity contribution is 9.10. The van der Waals surface area contributed by atoms with Crippen LogP contribution in [0.3, 0.4) is 0 Å². The highest BCUT2D eigenvalue weighted by atomic mass is 79.9. The lowest BCUT2D eigenvalue weighted by Gasteiger charge is -2.04. The largest absolute Gasteiger partial charge is 0.371 e. The number of hydrogen-bond donors (Lipinski definition) is 0. The topological polar surface area (TPSA) is 22.1 Å². The van der Waals surface area contributed by atoms with Crippen molar-refractivity contribution >= 4 is 38.9 Å². The van der Waals surface area contributed by atoms with Crippen LogP contribution in [0.1, 0.15) is 10.4 Å². The predicted octanol–water partition coefficient (Wildman–Crippen LogP) is 4.28. The molecule has 1 aromatic carbocycles. The summed E-state index contributed by atoms with van der Waals surface area (Å²) < 4.78 is 7.20. The third kappa shape index (κ3) is 3.28. The Morgan fingerprint density at radius 2 is 2.12 bits per heavy atom. The number of thiazole rings is 1. The fourth-order valence-electron chi connectivity index (χ4n) is 1.23. The fraction of sp³-hybridized carbons (Fsp3) is 0.182. The molecule has 16 heavy (non-hydrogen) atoms. The summed E-state index contributed by atoms with van der Waals surface area (Å²) in [5.74, 6) is 0. The summed E-state index contributed by atoms with van der Waals surface area (Å²) in [6, 6.07) is 8.01. The Hall–Kier alpha value is -0.420. The van der Waals surface area contributed by atoms with Crippen molar-refractivity contribution in [2.75, 3.05) is 0 Å². The van der Waals surface area contributed by atoms with E-state index in [4.69, 9.17) is 16.3 Å². The van der Waals surface area contributed by atoms with Gasteiger partial charge in [0.25, 0.3) is 0 Å². The number of nitrogens with zero attached hydrogens (tertiary/aromatic N) is 1. The molecular formula is C11H9BrClNOS. The molecule has 0 amide bonds. The molecule has 0 saturated carbocycles. The molecule has 2 aromatic rings. The lowest BCUT2D eigenvalue weighted by Crippen LogP contribution is -1.93. The maximum absolute atomic E-state index is 5.73. The number of rotatable bonds is 4. The zero-order valence-electron chi connectivity index (χ0n) is 8.32. The Morgan fingerprint density at radius 1 is 1.31 bits per heavy atom. The van der Waals surface area contributed by atoms with Crippen LogP contribution in [-0.2, 0) is 18.0 Å². The van der Waals surface area contributed by atoms with Crippen molar-refractivity contribution in [3.8, 4) is 0 Å². The maximum Gasteiger partial charge on any atom is 0.183 e. The average Bonchev–Trinajstić information content (AvgIpc) is 2.67. The van der Waals surface area contributed by atoms with Crippen LogP contribution < -0.4 is 0 Å². The fourth-order valence-corrected chi connectivity index (χ4v) is 2.54. The SMILES string of the molecule is Clc1ncc(COCc2ccccc2Br)s1. The molecule has 0 radical (unpaired) electrons. The first-order valence-electron chi connectivity index (χ1n) is 4.67.